The van der Waals surface area contributed by atoms with Crippen molar-refractivity contribution in [2.45, 2.75) is 73.1 Å². The summed E-state index contributed by atoms with van der Waals surface area (Å²) in [5, 5.41) is 5.62. The molecule has 0 aliphatic rings. The summed E-state index contributed by atoms with van der Waals surface area (Å²) in [7, 11) is 0. The van der Waals surface area contributed by atoms with E-state index in [1.165, 1.54) is 0 Å². The van der Waals surface area contributed by atoms with Gasteiger partial charge in [-0.05, 0) is 81.2 Å². The predicted octanol–water partition coefficient (Wildman–Crippen LogP) is 6.87. The minimum absolute atomic E-state index is 0.184. The second kappa shape index (κ2) is 18.7. The van der Waals surface area contributed by atoms with Crippen molar-refractivity contribution in [2.75, 3.05) is 38.2 Å². The second-order valence-corrected chi connectivity index (χ2v) is 12.9. The number of nitrogens with zero attached hydrogens (tertiary/aromatic N) is 1. The monoisotopic (exact) mass is 661 g/mol. The number of hydrogen-bond acceptors (Lipinski definition) is 8. The minimum Gasteiger partial charge on any atom is -0.491 e. The molecule has 2 N–H and O–H groups in total. The molecule has 0 saturated carbocycles. The number of esters is 1. The summed E-state index contributed by atoms with van der Waals surface area (Å²) in [5.74, 6) is 0.247. The van der Waals surface area contributed by atoms with Crippen LogP contribution in [0.1, 0.15) is 70.0 Å². The number of likely N-dealkylation sites (N-methyl/N-ethyl adjacent to an activating group) is 1. The van der Waals surface area contributed by atoms with Crippen molar-refractivity contribution >= 4 is 23.7 Å². The van der Waals surface area contributed by atoms with Crippen molar-refractivity contribution < 1.29 is 33.3 Å². The van der Waals surface area contributed by atoms with Gasteiger partial charge in [-0.3, -0.25) is 4.79 Å². The number of anilines is 1. The van der Waals surface area contributed by atoms with E-state index in [4.69, 9.17) is 18.9 Å². The maximum Gasteiger partial charge on any atom is 0.408 e. The van der Waals surface area contributed by atoms with Crippen LogP contribution >= 0.6 is 0 Å². The van der Waals surface area contributed by atoms with E-state index in [-0.39, 0.29) is 18.9 Å². The second-order valence-electron chi connectivity index (χ2n) is 12.9. The van der Waals surface area contributed by atoms with Crippen molar-refractivity contribution in [3.63, 3.8) is 0 Å². The molecule has 0 aliphatic carbocycles. The SMILES string of the molecule is CCN(CC)CCOC(=O)c1ccc(NC(=O)C(Cc2ccc(OCc3ccccc3)cc2)NC(=O)OC(C)(C)C)c(OCC(C)C)c1. The average Bonchev–Trinajstić information content (AvgIpc) is 3.05. The molecule has 0 spiro atoms. The van der Waals surface area contributed by atoms with Crippen LogP contribution in [0.15, 0.2) is 72.8 Å². The van der Waals surface area contributed by atoms with E-state index < -0.39 is 29.6 Å². The quantitative estimate of drug-likeness (QED) is 0.151. The van der Waals surface area contributed by atoms with Gasteiger partial charge >= 0.3 is 12.1 Å². The van der Waals surface area contributed by atoms with Crippen molar-refractivity contribution in [2.24, 2.45) is 5.92 Å². The van der Waals surface area contributed by atoms with Crippen LogP contribution in [0.3, 0.4) is 0 Å². The molecule has 1 unspecified atom stereocenters. The molecule has 0 fully saturated rings. The van der Waals surface area contributed by atoms with Crippen LogP contribution in [0.5, 0.6) is 11.5 Å². The Morgan fingerprint density at radius 1 is 0.854 bits per heavy atom. The zero-order valence-electron chi connectivity index (χ0n) is 29.3. The first-order chi connectivity index (χ1) is 22.9. The smallest absolute Gasteiger partial charge is 0.408 e. The van der Waals surface area contributed by atoms with Crippen LogP contribution in [-0.4, -0.2) is 67.4 Å². The summed E-state index contributed by atoms with van der Waals surface area (Å²) in [6, 6.07) is 21.0. The van der Waals surface area contributed by atoms with Crippen molar-refractivity contribution in [1.29, 1.82) is 0 Å². The van der Waals surface area contributed by atoms with Gasteiger partial charge in [0.2, 0.25) is 5.91 Å². The van der Waals surface area contributed by atoms with Gasteiger partial charge < -0.3 is 34.5 Å². The Morgan fingerprint density at radius 3 is 2.17 bits per heavy atom. The molecule has 0 bridgehead atoms. The first-order valence-corrected chi connectivity index (χ1v) is 16.6. The fourth-order valence-corrected chi connectivity index (χ4v) is 4.60. The molecular weight excluding hydrogens is 610 g/mol. The fourth-order valence-electron chi connectivity index (χ4n) is 4.60. The van der Waals surface area contributed by atoms with E-state index in [1.54, 1.807) is 39.0 Å². The first kappa shape index (κ1) is 37.9. The third kappa shape index (κ3) is 13.3. The largest absolute Gasteiger partial charge is 0.491 e. The number of hydrogen-bond donors (Lipinski definition) is 2. The highest BCUT2D eigenvalue weighted by Gasteiger charge is 2.26. The molecule has 0 aromatic heterocycles. The zero-order valence-corrected chi connectivity index (χ0v) is 29.3. The van der Waals surface area contributed by atoms with E-state index in [0.717, 1.165) is 24.2 Å². The highest BCUT2D eigenvalue weighted by Crippen LogP contribution is 2.28. The molecule has 0 saturated heterocycles. The number of nitrogens with one attached hydrogen (secondary N) is 2. The van der Waals surface area contributed by atoms with Crippen LogP contribution in [0, 0.1) is 5.92 Å². The van der Waals surface area contributed by atoms with Crippen LogP contribution in [0.2, 0.25) is 0 Å². The summed E-state index contributed by atoms with van der Waals surface area (Å²) >= 11 is 0. The van der Waals surface area contributed by atoms with E-state index in [9.17, 15) is 14.4 Å². The zero-order chi connectivity index (χ0) is 35.1. The normalized spacial score (nSPS) is 11.9. The Kier molecular flexibility index (Phi) is 14.7. The number of amides is 2. The lowest BCUT2D eigenvalue weighted by Crippen LogP contribution is -2.47. The molecule has 3 aromatic carbocycles. The van der Waals surface area contributed by atoms with Gasteiger partial charge in [0.05, 0.1) is 17.9 Å². The minimum atomic E-state index is -0.987. The average molecular weight is 662 g/mol. The summed E-state index contributed by atoms with van der Waals surface area (Å²) < 4.78 is 22.9. The molecule has 10 nitrogen and oxygen atoms in total. The van der Waals surface area contributed by atoms with Crippen molar-refractivity contribution in [3.8, 4) is 11.5 Å². The Morgan fingerprint density at radius 2 is 1.54 bits per heavy atom. The van der Waals surface area contributed by atoms with Crippen LogP contribution in [0.4, 0.5) is 10.5 Å². The van der Waals surface area contributed by atoms with Gasteiger partial charge in [-0.2, -0.15) is 0 Å². The van der Waals surface area contributed by atoms with Gasteiger partial charge in [-0.15, -0.1) is 0 Å². The predicted molar refractivity (Wildman–Crippen MR) is 188 cm³/mol. The third-order valence-corrected chi connectivity index (χ3v) is 7.20. The summed E-state index contributed by atoms with van der Waals surface area (Å²) in [6.45, 7) is 16.8. The standard InChI is InChI=1S/C38H51N3O7/c1-8-41(9-2)21-22-45-36(43)30-17-20-32(34(24-30)47-25-27(3)4)39-35(42)33(40-37(44)48-38(5,6)7)23-28-15-18-31(19-16-28)46-26-29-13-11-10-12-14-29/h10-20,24,27,33H,8-9,21-23,25-26H2,1-7H3,(H,39,42)(H,40,44). The van der Waals surface area contributed by atoms with Gasteiger partial charge in [0.15, 0.2) is 0 Å². The summed E-state index contributed by atoms with van der Waals surface area (Å²) in [5.41, 5.74) is 1.77. The third-order valence-electron chi connectivity index (χ3n) is 7.20. The molecular formula is C38H51N3O7. The lowest BCUT2D eigenvalue weighted by atomic mass is 10.0. The van der Waals surface area contributed by atoms with Crippen LogP contribution < -0.4 is 20.1 Å². The molecule has 1 atom stereocenters. The van der Waals surface area contributed by atoms with E-state index in [1.807, 2.05) is 68.4 Å². The number of carbonyl (C=O) groups excluding carboxylic acids is 3. The molecule has 0 heterocycles. The maximum absolute atomic E-state index is 13.8. The van der Waals surface area contributed by atoms with Gasteiger partial charge in [0.25, 0.3) is 0 Å². The number of alkyl carbamates (subject to hydrolysis) is 1. The van der Waals surface area contributed by atoms with Crippen LogP contribution in [-0.2, 0) is 27.3 Å². The van der Waals surface area contributed by atoms with Crippen molar-refractivity contribution in [1.82, 2.24) is 10.2 Å². The lowest BCUT2D eigenvalue weighted by molar-refractivity contribution is -0.118. The molecule has 3 aromatic rings. The Hall–Kier alpha value is -4.57. The molecule has 48 heavy (non-hydrogen) atoms. The van der Waals surface area contributed by atoms with E-state index in [2.05, 4.69) is 29.4 Å². The molecule has 0 aliphatic heterocycles. The van der Waals surface area contributed by atoms with Gasteiger partial charge in [0.1, 0.15) is 36.4 Å². The van der Waals surface area contributed by atoms with Gasteiger partial charge in [-0.1, -0.05) is 70.2 Å². The highest BCUT2D eigenvalue weighted by atomic mass is 16.6. The Bertz CT molecular complexity index is 1450. The van der Waals surface area contributed by atoms with Crippen molar-refractivity contribution in [3.05, 3.63) is 89.5 Å². The van der Waals surface area contributed by atoms with E-state index >= 15 is 0 Å². The molecule has 2 amide bonds. The highest BCUT2D eigenvalue weighted by molar-refractivity contribution is 5.99. The molecule has 260 valence electrons. The topological polar surface area (TPSA) is 115 Å². The summed E-state index contributed by atoms with van der Waals surface area (Å²) in [6.07, 6.45) is -0.534. The molecule has 0 radical (unpaired) electrons. The number of benzene rings is 3. The molecule has 10 heteroatoms. The fraction of sp³-hybridized carbons (Fsp3) is 0.447. The van der Waals surface area contributed by atoms with E-state index in [0.29, 0.717) is 42.5 Å². The number of ether oxygens (including phenoxy) is 4. The maximum atomic E-state index is 13.8. The number of carbonyl (C=O) groups is 3. The first-order valence-electron chi connectivity index (χ1n) is 16.6. The number of rotatable bonds is 17. The lowest BCUT2D eigenvalue weighted by Gasteiger charge is -2.24. The van der Waals surface area contributed by atoms with Gasteiger partial charge in [0, 0.05) is 13.0 Å². The Balaban J connectivity index is 1.77. The molecule has 3 rings (SSSR count). The Labute approximate surface area is 285 Å². The van der Waals surface area contributed by atoms with Crippen LogP contribution in [0.25, 0.3) is 0 Å². The van der Waals surface area contributed by atoms with Gasteiger partial charge in [-0.25, -0.2) is 9.59 Å². The summed E-state index contributed by atoms with van der Waals surface area (Å²) in [4.78, 5) is 41.6.